The third-order valence-electron chi connectivity index (χ3n) is 4.76. The monoisotopic (exact) mass is 411 g/mol. The van der Waals surface area contributed by atoms with E-state index in [4.69, 9.17) is 0 Å². The van der Waals surface area contributed by atoms with Crippen LogP contribution >= 0.6 is 0 Å². The van der Waals surface area contributed by atoms with Crippen LogP contribution in [-0.4, -0.2) is 25.2 Å². The molecule has 0 bridgehead atoms. The zero-order valence-electron chi connectivity index (χ0n) is 17.0. The van der Waals surface area contributed by atoms with Gasteiger partial charge in [0.1, 0.15) is 0 Å². The second kappa shape index (κ2) is 9.04. The van der Waals surface area contributed by atoms with E-state index in [-0.39, 0.29) is 11.5 Å². The summed E-state index contributed by atoms with van der Waals surface area (Å²) >= 11 is 0. The maximum atomic E-state index is 12.4. The molecule has 4 rings (SSSR count). The number of carbonyl (C=O) groups is 1. The number of carbonyl (C=O) groups excluding carboxylic acids is 1. The molecule has 1 amide bonds. The molecule has 4 aromatic rings. The zero-order valence-corrected chi connectivity index (χ0v) is 17.0. The lowest BCUT2D eigenvalue weighted by Crippen LogP contribution is -2.18. The molecular weight excluding hydrogens is 390 g/mol. The minimum absolute atomic E-state index is 0.0499. The summed E-state index contributed by atoms with van der Waals surface area (Å²) in [7, 11) is 1.86. The summed E-state index contributed by atoms with van der Waals surface area (Å²) < 4.78 is 3.36. The molecule has 0 unspecified atom stereocenters. The van der Waals surface area contributed by atoms with Crippen molar-refractivity contribution in [1.82, 2.24) is 19.3 Å². The zero-order chi connectivity index (χ0) is 21.6. The Balaban J connectivity index is 1.42. The van der Waals surface area contributed by atoms with Gasteiger partial charge >= 0.3 is 0 Å². The largest absolute Gasteiger partial charge is 0.323 e. The Morgan fingerprint density at radius 3 is 2.68 bits per heavy atom. The number of aryl methyl sites for hydroxylation is 1. The van der Waals surface area contributed by atoms with E-state index < -0.39 is 0 Å². The van der Waals surface area contributed by atoms with Crippen LogP contribution in [0.5, 0.6) is 0 Å². The van der Waals surface area contributed by atoms with Gasteiger partial charge in [0.2, 0.25) is 5.91 Å². The number of amides is 1. The smallest absolute Gasteiger partial charge is 0.250 e. The summed E-state index contributed by atoms with van der Waals surface area (Å²) in [5.74, 6) is -0.243. The highest BCUT2D eigenvalue weighted by Gasteiger charge is 2.06. The van der Waals surface area contributed by atoms with Crippen LogP contribution in [0.1, 0.15) is 11.1 Å². The van der Waals surface area contributed by atoms with Crippen LogP contribution in [-0.2, 0) is 18.4 Å². The van der Waals surface area contributed by atoms with E-state index >= 15 is 0 Å². The van der Waals surface area contributed by atoms with Crippen molar-refractivity contribution < 1.29 is 4.79 Å². The summed E-state index contributed by atoms with van der Waals surface area (Å²) in [6.07, 6.45) is 12.1. The molecule has 0 aliphatic carbocycles. The summed E-state index contributed by atoms with van der Waals surface area (Å²) in [6, 6.07) is 14.4. The number of anilines is 1. The number of nitrogens with zero attached hydrogens (tertiary/aromatic N) is 4. The lowest BCUT2D eigenvalue weighted by Gasteiger charge is -2.07. The molecule has 31 heavy (non-hydrogen) atoms. The van der Waals surface area contributed by atoms with E-state index in [9.17, 15) is 9.59 Å². The van der Waals surface area contributed by atoms with Crippen LogP contribution < -0.4 is 10.9 Å². The van der Waals surface area contributed by atoms with Crippen LogP contribution in [0.25, 0.3) is 17.2 Å². The van der Waals surface area contributed by atoms with Crippen molar-refractivity contribution in [1.29, 1.82) is 0 Å². The van der Waals surface area contributed by atoms with Gasteiger partial charge in [-0.05, 0) is 41.5 Å². The predicted molar refractivity (Wildman–Crippen MR) is 120 cm³/mol. The topological polar surface area (TPSA) is 81.8 Å². The molecule has 3 aromatic heterocycles. The first-order valence-corrected chi connectivity index (χ1v) is 9.75. The molecule has 3 heterocycles. The molecule has 154 valence electrons. The minimum Gasteiger partial charge on any atom is -0.323 e. The third kappa shape index (κ3) is 5.02. The van der Waals surface area contributed by atoms with Crippen molar-refractivity contribution in [2.75, 3.05) is 5.32 Å². The molecule has 7 nitrogen and oxygen atoms in total. The van der Waals surface area contributed by atoms with Crippen molar-refractivity contribution in [3.63, 3.8) is 0 Å². The molecule has 0 atom stereocenters. The predicted octanol–water partition coefficient (Wildman–Crippen LogP) is 3.34. The molecule has 0 saturated heterocycles. The van der Waals surface area contributed by atoms with Gasteiger partial charge in [0, 0.05) is 60.8 Å². The van der Waals surface area contributed by atoms with Crippen LogP contribution in [0.2, 0.25) is 0 Å². The molecule has 0 fully saturated rings. The fourth-order valence-electron chi connectivity index (χ4n) is 3.19. The standard InChI is InChI=1S/C24H21N5O2/c1-28-17-20(15-26-28)22-11-12-25-14-19(22)7-10-23(30)27-21-8-5-18(6-9-21)16-29-13-3-2-4-24(29)31/h2-15,17H,16H2,1H3,(H,27,30)/b10-7+. The van der Waals surface area contributed by atoms with Crippen LogP contribution in [0, 0.1) is 0 Å². The molecule has 1 N–H and O–H groups in total. The molecule has 0 saturated carbocycles. The Hall–Kier alpha value is -4.26. The fraction of sp³-hybridized carbons (Fsp3) is 0.0833. The van der Waals surface area contributed by atoms with Crippen LogP contribution in [0.3, 0.4) is 0 Å². The van der Waals surface area contributed by atoms with E-state index in [1.807, 2.05) is 49.6 Å². The average Bonchev–Trinajstić information content (AvgIpc) is 3.21. The molecule has 0 aliphatic rings. The highest BCUT2D eigenvalue weighted by atomic mass is 16.1. The van der Waals surface area contributed by atoms with E-state index in [0.29, 0.717) is 12.2 Å². The fourth-order valence-corrected chi connectivity index (χ4v) is 3.19. The third-order valence-corrected chi connectivity index (χ3v) is 4.76. The number of aromatic nitrogens is 4. The Kier molecular flexibility index (Phi) is 5.84. The summed E-state index contributed by atoms with van der Waals surface area (Å²) in [6.45, 7) is 0.478. The number of rotatable bonds is 6. The highest BCUT2D eigenvalue weighted by molar-refractivity contribution is 6.02. The van der Waals surface area contributed by atoms with Gasteiger partial charge < -0.3 is 9.88 Å². The van der Waals surface area contributed by atoms with E-state index in [1.54, 1.807) is 46.2 Å². The van der Waals surface area contributed by atoms with E-state index in [2.05, 4.69) is 15.4 Å². The highest BCUT2D eigenvalue weighted by Crippen LogP contribution is 2.23. The van der Waals surface area contributed by atoms with Crippen molar-refractivity contribution in [2.24, 2.45) is 7.05 Å². The van der Waals surface area contributed by atoms with Gasteiger partial charge in [-0.2, -0.15) is 5.10 Å². The van der Waals surface area contributed by atoms with Gasteiger partial charge in [-0.15, -0.1) is 0 Å². The normalized spacial score (nSPS) is 11.0. The SMILES string of the molecule is Cn1cc(-c2ccncc2/C=C/C(=O)Nc2ccc(Cn3ccccc3=O)cc2)cn1. The lowest BCUT2D eigenvalue weighted by molar-refractivity contribution is -0.111. The van der Waals surface area contributed by atoms with Crippen molar-refractivity contribution in [3.05, 3.63) is 107 Å². The molecule has 0 spiro atoms. The van der Waals surface area contributed by atoms with Crippen LogP contribution in [0.4, 0.5) is 5.69 Å². The summed E-state index contributed by atoms with van der Waals surface area (Å²) in [4.78, 5) is 28.4. The molecule has 7 heteroatoms. The van der Waals surface area contributed by atoms with Gasteiger partial charge in [0.05, 0.1) is 12.7 Å². The summed E-state index contributed by atoms with van der Waals surface area (Å²) in [5, 5.41) is 7.04. The minimum atomic E-state index is -0.243. The van der Waals surface area contributed by atoms with Gasteiger partial charge in [0.15, 0.2) is 0 Å². The Morgan fingerprint density at radius 1 is 1.10 bits per heavy atom. The van der Waals surface area contributed by atoms with Crippen LogP contribution in [0.15, 0.2) is 90.4 Å². The van der Waals surface area contributed by atoms with E-state index in [1.165, 1.54) is 12.1 Å². The quantitative estimate of drug-likeness (QED) is 0.494. The van der Waals surface area contributed by atoms with Crippen molar-refractivity contribution in [2.45, 2.75) is 6.54 Å². The Morgan fingerprint density at radius 2 is 1.94 bits per heavy atom. The second-order valence-electron chi connectivity index (χ2n) is 7.05. The summed E-state index contributed by atoms with van der Waals surface area (Å²) in [5.41, 5.74) is 4.34. The van der Waals surface area contributed by atoms with Crippen molar-refractivity contribution >= 4 is 17.7 Å². The van der Waals surface area contributed by atoms with Crippen molar-refractivity contribution in [3.8, 4) is 11.1 Å². The first kappa shape index (κ1) is 20.0. The first-order chi connectivity index (χ1) is 15.1. The van der Waals surface area contributed by atoms with Gasteiger partial charge in [-0.3, -0.25) is 19.3 Å². The number of pyridine rings is 2. The Bertz CT molecular complexity index is 1290. The molecule has 0 aliphatic heterocycles. The number of benzene rings is 1. The number of nitrogens with one attached hydrogen (secondary N) is 1. The first-order valence-electron chi connectivity index (χ1n) is 9.75. The molecular formula is C24H21N5O2. The maximum Gasteiger partial charge on any atom is 0.250 e. The molecule has 1 aromatic carbocycles. The average molecular weight is 411 g/mol. The van der Waals surface area contributed by atoms with Gasteiger partial charge in [0.25, 0.3) is 5.56 Å². The van der Waals surface area contributed by atoms with Gasteiger partial charge in [-0.1, -0.05) is 18.2 Å². The van der Waals surface area contributed by atoms with E-state index in [0.717, 1.165) is 22.3 Å². The number of hydrogen-bond donors (Lipinski definition) is 1. The maximum absolute atomic E-state index is 12.4. The molecule has 0 radical (unpaired) electrons. The second-order valence-corrected chi connectivity index (χ2v) is 7.05. The van der Waals surface area contributed by atoms with Gasteiger partial charge in [-0.25, -0.2) is 0 Å². The Labute approximate surface area is 179 Å². The lowest BCUT2D eigenvalue weighted by atomic mass is 10.0. The number of hydrogen-bond acceptors (Lipinski definition) is 4.